The van der Waals surface area contributed by atoms with Crippen LogP contribution in [-0.4, -0.2) is 10.2 Å². The van der Waals surface area contributed by atoms with E-state index in [4.69, 9.17) is 0 Å². The van der Waals surface area contributed by atoms with Crippen LogP contribution in [0.2, 0.25) is 0 Å². The molecule has 10 aromatic carbocycles. The van der Waals surface area contributed by atoms with E-state index in [9.17, 15) is 10.2 Å². The van der Waals surface area contributed by atoms with Gasteiger partial charge in [-0.15, -0.1) is 0 Å². The lowest BCUT2D eigenvalue weighted by Crippen LogP contribution is -2.28. The molecule has 2 N–H and O–H groups in total. The van der Waals surface area contributed by atoms with Gasteiger partial charge in [-0.2, -0.15) is 0 Å². The van der Waals surface area contributed by atoms with Gasteiger partial charge >= 0.3 is 0 Å². The average Bonchev–Trinajstić information content (AvgIpc) is 3.49. The zero-order valence-corrected chi connectivity index (χ0v) is 28.3. The molecule has 0 unspecified atom stereocenters. The first-order chi connectivity index (χ1) is 25.6. The summed E-state index contributed by atoms with van der Waals surface area (Å²) in [6, 6.07) is 60.5. The summed E-state index contributed by atoms with van der Waals surface area (Å²) < 4.78 is 0. The maximum Gasteiger partial charge on any atom is 0.119 e. The van der Waals surface area contributed by atoms with Crippen molar-refractivity contribution in [1.29, 1.82) is 0 Å². The maximum atomic E-state index is 11.5. The minimum Gasteiger partial charge on any atom is -0.508 e. The lowest BCUT2D eigenvalue weighted by atomic mass is 9.67. The van der Waals surface area contributed by atoms with E-state index < -0.39 is 5.41 Å². The SMILES string of the molecule is Oc1ccc2cc(C3(c4ccc5c(Cc6ccc7ccc8cccc9ccc6c7c89)c(O)ccc5c4)c4ccccc4-c4ccccc43)ccc2c1. The third kappa shape index (κ3) is 3.95. The molecule has 2 heteroatoms. The second kappa shape index (κ2) is 10.7. The van der Waals surface area contributed by atoms with Crippen LogP contribution in [0.3, 0.4) is 0 Å². The molecule has 0 fully saturated rings. The minimum atomic E-state index is -0.572. The number of aromatic hydroxyl groups is 2. The van der Waals surface area contributed by atoms with E-state index in [-0.39, 0.29) is 5.75 Å². The lowest BCUT2D eigenvalue weighted by molar-refractivity contribution is 0.470. The van der Waals surface area contributed by atoms with Gasteiger partial charge < -0.3 is 10.2 Å². The lowest BCUT2D eigenvalue weighted by Gasteiger charge is -2.34. The molecule has 0 saturated carbocycles. The molecular formula is C50H32O2. The third-order valence-corrected chi connectivity index (χ3v) is 11.7. The molecule has 0 aromatic heterocycles. The molecule has 0 saturated heterocycles. The number of hydrogen-bond donors (Lipinski definition) is 2. The number of phenols is 2. The van der Waals surface area contributed by atoms with Crippen molar-refractivity contribution in [2.24, 2.45) is 0 Å². The number of benzene rings is 10. The topological polar surface area (TPSA) is 40.5 Å². The van der Waals surface area contributed by atoms with E-state index in [2.05, 4.69) is 146 Å². The monoisotopic (exact) mass is 664 g/mol. The van der Waals surface area contributed by atoms with Crippen molar-refractivity contribution >= 4 is 53.9 Å². The highest BCUT2D eigenvalue weighted by Crippen LogP contribution is 2.56. The summed E-state index contributed by atoms with van der Waals surface area (Å²) in [5.41, 5.74) is 8.90. The van der Waals surface area contributed by atoms with Gasteiger partial charge in [0.1, 0.15) is 11.5 Å². The minimum absolute atomic E-state index is 0.266. The highest BCUT2D eigenvalue weighted by Gasteiger charge is 2.46. The van der Waals surface area contributed by atoms with Crippen molar-refractivity contribution in [2.75, 3.05) is 0 Å². The summed E-state index contributed by atoms with van der Waals surface area (Å²) in [7, 11) is 0. The Bertz CT molecular complexity index is 3020. The van der Waals surface area contributed by atoms with E-state index in [1.165, 1.54) is 71.3 Å². The Morgan fingerprint density at radius 2 is 0.962 bits per heavy atom. The average molecular weight is 665 g/mol. The van der Waals surface area contributed by atoms with E-state index >= 15 is 0 Å². The molecule has 11 rings (SSSR count). The molecule has 2 nitrogen and oxygen atoms in total. The summed E-state index contributed by atoms with van der Waals surface area (Å²) >= 11 is 0. The van der Waals surface area contributed by atoms with Gasteiger partial charge in [0.15, 0.2) is 0 Å². The Labute approximate surface area is 300 Å². The second-order valence-corrected chi connectivity index (χ2v) is 14.3. The molecule has 1 aliphatic carbocycles. The first-order valence-electron chi connectivity index (χ1n) is 17.9. The smallest absolute Gasteiger partial charge is 0.119 e. The summed E-state index contributed by atoms with van der Waals surface area (Å²) in [6.45, 7) is 0. The van der Waals surface area contributed by atoms with Crippen molar-refractivity contribution in [3.8, 4) is 22.6 Å². The van der Waals surface area contributed by atoms with E-state index in [1.54, 1.807) is 6.07 Å². The molecule has 0 radical (unpaired) electrons. The van der Waals surface area contributed by atoms with Crippen LogP contribution in [0.15, 0.2) is 170 Å². The summed E-state index contributed by atoms with van der Waals surface area (Å²) in [5.74, 6) is 0.581. The van der Waals surface area contributed by atoms with Crippen LogP contribution in [-0.2, 0) is 11.8 Å². The zero-order valence-electron chi connectivity index (χ0n) is 28.3. The molecule has 10 aromatic rings. The van der Waals surface area contributed by atoms with Gasteiger partial charge in [0.2, 0.25) is 0 Å². The number of rotatable bonds is 4. The highest BCUT2D eigenvalue weighted by atomic mass is 16.3. The van der Waals surface area contributed by atoms with Gasteiger partial charge in [0, 0.05) is 12.0 Å². The van der Waals surface area contributed by atoms with Crippen molar-refractivity contribution in [3.63, 3.8) is 0 Å². The van der Waals surface area contributed by atoms with Crippen molar-refractivity contribution in [2.45, 2.75) is 11.8 Å². The first kappa shape index (κ1) is 29.1. The van der Waals surface area contributed by atoms with Crippen molar-refractivity contribution in [1.82, 2.24) is 0 Å². The summed E-state index contributed by atoms with van der Waals surface area (Å²) in [5, 5.41) is 33.5. The van der Waals surface area contributed by atoms with E-state index in [0.29, 0.717) is 12.2 Å². The van der Waals surface area contributed by atoms with Crippen LogP contribution in [0.5, 0.6) is 11.5 Å². The van der Waals surface area contributed by atoms with Gasteiger partial charge in [-0.3, -0.25) is 0 Å². The third-order valence-electron chi connectivity index (χ3n) is 11.7. The van der Waals surface area contributed by atoms with Crippen LogP contribution in [0.25, 0.3) is 65.0 Å². The quantitative estimate of drug-likeness (QED) is 0.184. The fourth-order valence-electron chi connectivity index (χ4n) is 9.43. The van der Waals surface area contributed by atoms with Gasteiger partial charge in [0.05, 0.1) is 5.41 Å². The van der Waals surface area contributed by atoms with Gasteiger partial charge in [0.25, 0.3) is 0 Å². The van der Waals surface area contributed by atoms with Crippen molar-refractivity contribution in [3.05, 3.63) is 203 Å². The molecule has 0 amide bonds. The van der Waals surface area contributed by atoms with Gasteiger partial charge in [-0.25, -0.2) is 0 Å². The van der Waals surface area contributed by atoms with Crippen LogP contribution in [0.1, 0.15) is 33.4 Å². The summed E-state index contributed by atoms with van der Waals surface area (Å²) in [6.07, 6.45) is 0.616. The Balaban J connectivity index is 1.13. The fraction of sp³-hybridized carbons (Fsp3) is 0.0400. The molecule has 0 bridgehead atoms. The Kier molecular flexibility index (Phi) is 5.98. The zero-order chi connectivity index (χ0) is 34.6. The van der Waals surface area contributed by atoms with Crippen LogP contribution in [0, 0.1) is 0 Å². The molecule has 0 spiro atoms. The normalized spacial score (nSPS) is 13.4. The number of phenolic OH excluding ortho intramolecular Hbond substituents is 2. The van der Waals surface area contributed by atoms with Gasteiger partial charge in [-0.05, 0) is 123 Å². The predicted octanol–water partition coefficient (Wildman–Crippen LogP) is 12.3. The fourth-order valence-corrected chi connectivity index (χ4v) is 9.43. The van der Waals surface area contributed by atoms with Crippen molar-refractivity contribution < 1.29 is 10.2 Å². The van der Waals surface area contributed by atoms with Crippen LogP contribution >= 0.6 is 0 Å². The molecule has 1 aliphatic rings. The van der Waals surface area contributed by atoms with E-state index in [0.717, 1.165) is 27.1 Å². The molecular weight excluding hydrogens is 633 g/mol. The summed E-state index contributed by atoms with van der Waals surface area (Å²) in [4.78, 5) is 0. The van der Waals surface area contributed by atoms with E-state index in [1.807, 2.05) is 18.2 Å². The number of fused-ring (bicyclic) bond motifs is 5. The maximum absolute atomic E-state index is 11.5. The number of hydrogen-bond acceptors (Lipinski definition) is 2. The second-order valence-electron chi connectivity index (χ2n) is 14.3. The first-order valence-corrected chi connectivity index (χ1v) is 17.9. The Hall–Kier alpha value is -6.64. The van der Waals surface area contributed by atoms with Gasteiger partial charge in [-0.1, -0.05) is 140 Å². The highest BCUT2D eigenvalue weighted by molar-refractivity contribution is 6.23. The molecule has 52 heavy (non-hydrogen) atoms. The Morgan fingerprint density at radius 1 is 0.404 bits per heavy atom. The molecule has 244 valence electrons. The molecule has 0 heterocycles. The van der Waals surface area contributed by atoms with Crippen LogP contribution < -0.4 is 0 Å². The predicted molar refractivity (Wildman–Crippen MR) is 215 cm³/mol. The molecule has 0 atom stereocenters. The standard InChI is InChI=1S/C50H32O2/c51-39-22-17-33-26-37(20-16-34(33)28-39)50(45-10-3-1-8-42(45)43-9-2-4-11-46(43)50)38-21-24-40-35(27-38)19-25-47(52)44(40)29-36-15-14-32-13-12-30-6-5-7-31-18-23-41(36)49(32)48(30)31/h1-28,51-52H,29H2. The van der Waals surface area contributed by atoms with Crippen LogP contribution in [0.4, 0.5) is 0 Å². The Morgan fingerprint density at radius 3 is 1.73 bits per heavy atom. The molecule has 0 aliphatic heterocycles. The largest absolute Gasteiger partial charge is 0.508 e.